The largest absolute Gasteiger partial charge is 0.507 e. The minimum absolute atomic E-state index is 0.0326. The highest BCUT2D eigenvalue weighted by Crippen LogP contribution is 2.55. The van der Waals surface area contributed by atoms with Crippen molar-refractivity contribution < 1.29 is 39.9 Å². The van der Waals surface area contributed by atoms with Gasteiger partial charge in [0.2, 0.25) is 11.6 Å². The molecule has 0 spiro atoms. The first-order chi connectivity index (χ1) is 14.9. The first kappa shape index (κ1) is 22.0. The monoisotopic (exact) mass is 444 g/mol. The van der Waals surface area contributed by atoms with Gasteiger partial charge in [-0.25, -0.2) is 0 Å². The number of aromatic hydroxyl groups is 1. The van der Waals surface area contributed by atoms with Gasteiger partial charge in [0.15, 0.2) is 17.3 Å². The molecule has 10 heteroatoms. The number of carbonyl (C=O) groups is 3. The summed E-state index contributed by atoms with van der Waals surface area (Å²) in [6.45, 7) is 1.67. The molecule has 32 heavy (non-hydrogen) atoms. The zero-order valence-corrected chi connectivity index (χ0v) is 17.6. The van der Waals surface area contributed by atoms with Gasteiger partial charge in [0.1, 0.15) is 17.1 Å². The molecule has 1 aromatic carbocycles. The smallest absolute Gasteiger partial charge is 0.211 e. The highest BCUT2D eigenvalue weighted by atomic mass is 16.3. The molecular weight excluding hydrogens is 420 g/mol. The van der Waals surface area contributed by atoms with Crippen LogP contribution in [0.2, 0.25) is 0 Å². The average molecular weight is 444 g/mol. The molecule has 0 radical (unpaired) electrons. The Morgan fingerprint density at radius 3 is 2.31 bits per heavy atom. The van der Waals surface area contributed by atoms with Gasteiger partial charge in [0, 0.05) is 11.5 Å². The van der Waals surface area contributed by atoms with Crippen molar-refractivity contribution in [3.63, 3.8) is 0 Å². The number of hydrogen-bond acceptors (Lipinski definition) is 10. The fourth-order valence-corrected chi connectivity index (χ4v) is 5.56. The molecule has 4 rings (SSSR count). The van der Waals surface area contributed by atoms with E-state index in [1.54, 1.807) is 19.1 Å². The van der Waals surface area contributed by atoms with Gasteiger partial charge in [0.05, 0.1) is 23.6 Å². The number of benzene rings is 1. The molecule has 0 aromatic heterocycles. The zero-order chi connectivity index (χ0) is 23.9. The van der Waals surface area contributed by atoms with E-state index in [9.17, 15) is 39.9 Å². The summed E-state index contributed by atoms with van der Waals surface area (Å²) in [5.41, 5.74) is 1.44. The Bertz CT molecular complexity index is 1130. The molecule has 7 N–H and O–H groups in total. The number of hydrogen-bond donors (Lipinski definition) is 6. The number of aliphatic hydroxyl groups excluding tert-OH is 3. The summed E-state index contributed by atoms with van der Waals surface area (Å²) in [6.07, 6.45) is -1.61. The van der Waals surface area contributed by atoms with Crippen LogP contribution in [0.4, 0.5) is 0 Å². The van der Waals surface area contributed by atoms with E-state index in [4.69, 9.17) is 5.73 Å². The van der Waals surface area contributed by atoms with Gasteiger partial charge < -0.3 is 31.3 Å². The van der Waals surface area contributed by atoms with Gasteiger partial charge in [-0.3, -0.25) is 19.3 Å². The first-order valence-electron chi connectivity index (χ1n) is 10.0. The molecule has 3 aliphatic carbocycles. The number of aliphatic hydroxyl groups is 4. The van der Waals surface area contributed by atoms with Crippen LogP contribution in [0.1, 0.15) is 24.0 Å². The lowest BCUT2D eigenvalue weighted by molar-refractivity contribution is -0.178. The van der Waals surface area contributed by atoms with Crippen LogP contribution in [0, 0.1) is 11.8 Å². The van der Waals surface area contributed by atoms with E-state index in [0.29, 0.717) is 5.56 Å². The third kappa shape index (κ3) is 2.48. The number of likely N-dealkylation sites (N-methyl/N-ethyl adjacent to an activating group) is 1. The van der Waals surface area contributed by atoms with Gasteiger partial charge >= 0.3 is 0 Å². The third-order valence-electron chi connectivity index (χ3n) is 6.98. The van der Waals surface area contributed by atoms with E-state index in [0.717, 1.165) is 0 Å². The van der Waals surface area contributed by atoms with Gasteiger partial charge in [-0.15, -0.1) is 0 Å². The Balaban J connectivity index is 2.04. The number of phenols is 1. The Hall–Kier alpha value is -3.21. The van der Waals surface area contributed by atoms with Crippen molar-refractivity contribution in [2.45, 2.75) is 30.6 Å². The average Bonchev–Trinajstić information content (AvgIpc) is 2.70. The van der Waals surface area contributed by atoms with E-state index >= 15 is 0 Å². The molecule has 2 fully saturated rings. The Morgan fingerprint density at radius 2 is 1.75 bits per heavy atom. The van der Waals surface area contributed by atoms with Crippen LogP contribution in [-0.4, -0.2) is 79.6 Å². The van der Waals surface area contributed by atoms with Crippen LogP contribution in [0.15, 0.2) is 35.2 Å². The predicted octanol–water partition coefficient (Wildman–Crippen LogP) is -0.504. The molecule has 170 valence electrons. The molecule has 0 aliphatic heterocycles. The maximum atomic E-state index is 13.6. The number of Topliss-reactive ketones (excluding diaryl/α,β-unsaturated/α-hetero) is 3. The molecule has 0 heterocycles. The molecule has 0 saturated heterocycles. The summed E-state index contributed by atoms with van der Waals surface area (Å²) in [7, 11) is 2.92. The second-order valence-electron chi connectivity index (χ2n) is 8.79. The van der Waals surface area contributed by atoms with E-state index < -0.39 is 75.6 Å². The minimum Gasteiger partial charge on any atom is -0.507 e. The zero-order valence-electron chi connectivity index (χ0n) is 17.6. The summed E-state index contributed by atoms with van der Waals surface area (Å²) >= 11 is 0. The number of carbonyl (C=O) groups excluding carboxylic acids is 3. The number of ketones is 3. The van der Waals surface area contributed by atoms with E-state index in [1.165, 1.54) is 25.1 Å². The van der Waals surface area contributed by atoms with E-state index in [1.807, 2.05) is 0 Å². The molecule has 0 bridgehead atoms. The molecule has 10 nitrogen and oxygen atoms in total. The van der Waals surface area contributed by atoms with E-state index in [-0.39, 0.29) is 11.3 Å². The third-order valence-corrected chi connectivity index (χ3v) is 6.98. The minimum atomic E-state index is -2.97. The van der Waals surface area contributed by atoms with Crippen LogP contribution in [0.5, 0.6) is 5.75 Å². The highest BCUT2D eigenvalue weighted by Gasteiger charge is 2.70. The van der Waals surface area contributed by atoms with Crippen molar-refractivity contribution in [2.24, 2.45) is 17.6 Å². The maximum absolute atomic E-state index is 13.6. The molecular formula is C22H24N2O8. The number of phenolic OH excluding ortho intramolecular Hbond substituents is 1. The molecule has 3 aliphatic rings. The fourth-order valence-electron chi connectivity index (χ4n) is 5.56. The van der Waals surface area contributed by atoms with Gasteiger partial charge in [-0.2, -0.15) is 0 Å². The van der Waals surface area contributed by atoms with Crippen LogP contribution in [0.25, 0.3) is 5.76 Å². The number of nitrogens with zero attached hydrogens (tertiary/aromatic N) is 1. The quantitative estimate of drug-likeness (QED) is 0.143. The standard InChI is InChI=1S/C22H24N2O8/c1-7-8-5-4-6-9(25)11(8)16(26)12-10(7)17(27)14-15(24(2)3)18(28)13(21(23)31)20(30)22(14,32)19(12)29/h4-7,10,14-15,17,25-27,31-32H,23H2,1-3H3/b21-13+. The van der Waals surface area contributed by atoms with Gasteiger partial charge in [-0.1, -0.05) is 19.1 Å². The SMILES string of the molecule is CC1c2cccc(O)c2C(O)=C2C(=O)C3(O)C(=O)/C(=C(\N)O)C(=O)C(N(C)C)C3C(O)C21. The van der Waals surface area contributed by atoms with Crippen molar-refractivity contribution in [3.8, 4) is 5.75 Å². The topological polar surface area (TPSA) is 182 Å². The van der Waals surface area contributed by atoms with Crippen LogP contribution in [-0.2, 0) is 14.4 Å². The fraction of sp³-hybridized carbons (Fsp3) is 0.409. The maximum Gasteiger partial charge on any atom is 0.211 e. The number of nitrogens with two attached hydrogens (primary N) is 1. The molecule has 1 aromatic rings. The summed E-state index contributed by atoms with van der Waals surface area (Å²) in [5.74, 6) is -8.97. The second kappa shape index (κ2) is 6.89. The molecule has 2 saturated carbocycles. The van der Waals surface area contributed by atoms with Crippen LogP contribution >= 0.6 is 0 Å². The van der Waals surface area contributed by atoms with Gasteiger partial charge in [-0.05, 0) is 31.6 Å². The summed E-state index contributed by atoms with van der Waals surface area (Å²) in [4.78, 5) is 41.1. The Labute approximate surface area is 182 Å². The van der Waals surface area contributed by atoms with Crippen LogP contribution < -0.4 is 5.73 Å². The number of fused-ring (bicyclic) bond motifs is 3. The van der Waals surface area contributed by atoms with Crippen LogP contribution in [0.3, 0.4) is 0 Å². The molecule has 6 unspecified atom stereocenters. The van der Waals surface area contributed by atoms with Crippen molar-refractivity contribution >= 4 is 23.1 Å². The lowest BCUT2D eigenvalue weighted by Gasteiger charge is -2.53. The van der Waals surface area contributed by atoms with E-state index in [2.05, 4.69) is 0 Å². The second-order valence-corrected chi connectivity index (χ2v) is 8.79. The number of rotatable bonds is 1. The van der Waals surface area contributed by atoms with Crippen molar-refractivity contribution in [1.29, 1.82) is 0 Å². The molecule has 6 atom stereocenters. The van der Waals surface area contributed by atoms with Crippen molar-refractivity contribution in [1.82, 2.24) is 4.90 Å². The Morgan fingerprint density at radius 1 is 1.12 bits per heavy atom. The summed E-state index contributed by atoms with van der Waals surface area (Å²) in [6, 6.07) is 3.12. The van der Waals surface area contributed by atoms with Crippen molar-refractivity contribution in [2.75, 3.05) is 14.1 Å². The molecule has 0 amide bonds. The normalized spacial score (nSPS) is 36.1. The first-order valence-corrected chi connectivity index (χ1v) is 10.0. The summed E-state index contributed by atoms with van der Waals surface area (Å²) in [5, 5.41) is 53.9. The predicted molar refractivity (Wildman–Crippen MR) is 110 cm³/mol. The Kier molecular flexibility index (Phi) is 4.74. The lowest BCUT2D eigenvalue weighted by atomic mass is 9.53. The van der Waals surface area contributed by atoms with Gasteiger partial charge in [0.25, 0.3) is 0 Å². The van der Waals surface area contributed by atoms with Crippen molar-refractivity contribution in [3.05, 3.63) is 46.4 Å². The lowest BCUT2D eigenvalue weighted by Crippen LogP contribution is -2.73. The summed E-state index contributed by atoms with van der Waals surface area (Å²) < 4.78 is 0. The highest BCUT2D eigenvalue weighted by molar-refractivity contribution is 6.36.